The van der Waals surface area contributed by atoms with E-state index in [1.165, 1.54) is 36.0 Å². The lowest BCUT2D eigenvalue weighted by Gasteiger charge is -2.31. The Morgan fingerprint density at radius 3 is 2.56 bits per heavy atom. The number of piperidine rings is 1. The minimum atomic E-state index is 0.369. The van der Waals surface area contributed by atoms with Gasteiger partial charge in [-0.1, -0.05) is 36.4 Å². The second-order valence-corrected chi connectivity index (χ2v) is 9.43. The van der Waals surface area contributed by atoms with E-state index in [0.29, 0.717) is 11.8 Å². The van der Waals surface area contributed by atoms with E-state index < -0.39 is 0 Å². The van der Waals surface area contributed by atoms with Gasteiger partial charge in [-0.25, -0.2) is 9.97 Å². The lowest BCUT2D eigenvalue weighted by Crippen LogP contribution is -2.31. The summed E-state index contributed by atoms with van der Waals surface area (Å²) in [5.74, 6) is 3.02. The molecule has 176 valence electrons. The fourth-order valence-corrected chi connectivity index (χ4v) is 5.40. The van der Waals surface area contributed by atoms with Gasteiger partial charge in [-0.3, -0.25) is 0 Å². The van der Waals surface area contributed by atoms with Crippen molar-refractivity contribution in [1.82, 2.24) is 15.0 Å². The van der Waals surface area contributed by atoms with Crippen LogP contribution in [0.1, 0.15) is 72.7 Å². The molecule has 0 radical (unpaired) electrons. The molecule has 5 nitrogen and oxygen atoms in total. The summed E-state index contributed by atoms with van der Waals surface area (Å²) >= 11 is 0. The number of benzene rings is 1. The van der Waals surface area contributed by atoms with Crippen LogP contribution in [0, 0.1) is 6.92 Å². The van der Waals surface area contributed by atoms with Gasteiger partial charge in [0.05, 0.1) is 12.8 Å². The lowest BCUT2D eigenvalue weighted by atomic mass is 9.82. The molecule has 5 rings (SSSR count). The quantitative estimate of drug-likeness (QED) is 0.449. The molecule has 0 amide bonds. The third-order valence-electron chi connectivity index (χ3n) is 7.12. The van der Waals surface area contributed by atoms with Crippen molar-refractivity contribution in [2.24, 2.45) is 0 Å². The monoisotopic (exact) mass is 454 g/mol. The first-order chi connectivity index (χ1) is 16.7. The summed E-state index contributed by atoms with van der Waals surface area (Å²) in [6.45, 7) is 4.19. The van der Waals surface area contributed by atoms with E-state index >= 15 is 0 Å². The summed E-state index contributed by atoms with van der Waals surface area (Å²) in [4.78, 5) is 16.8. The molecule has 1 aliphatic carbocycles. The van der Waals surface area contributed by atoms with Gasteiger partial charge in [0.1, 0.15) is 11.6 Å². The molecule has 0 spiro atoms. The lowest BCUT2D eigenvalue weighted by molar-refractivity contribution is 0.388. The third kappa shape index (κ3) is 4.84. The maximum Gasteiger partial charge on any atom is 0.220 e. The Morgan fingerprint density at radius 2 is 1.82 bits per heavy atom. The average molecular weight is 455 g/mol. The topological polar surface area (TPSA) is 51.1 Å². The number of ether oxygens (including phenoxy) is 1. The Bertz CT molecular complexity index is 1150. The molecule has 0 saturated carbocycles. The molecule has 2 aliphatic rings. The van der Waals surface area contributed by atoms with Crippen molar-refractivity contribution in [2.45, 2.75) is 57.8 Å². The predicted octanol–water partition coefficient (Wildman–Crippen LogP) is 6.12. The van der Waals surface area contributed by atoms with Crippen LogP contribution in [-0.2, 0) is 6.42 Å². The van der Waals surface area contributed by atoms with Gasteiger partial charge in [0.25, 0.3) is 0 Å². The Morgan fingerprint density at radius 1 is 1.00 bits per heavy atom. The van der Waals surface area contributed by atoms with Crippen molar-refractivity contribution in [3.63, 3.8) is 0 Å². The molecule has 0 bridgehead atoms. The summed E-state index contributed by atoms with van der Waals surface area (Å²) in [7, 11) is 1.71. The first kappa shape index (κ1) is 22.6. The van der Waals surface area contributed by atoms with Crippen LogP contribution in [0.15, 0.2) is 54.7 Å². The van der Waals surface area contributed by atoms with Crippen LogP contribution in [0.2, 0.25) is 0 Å². The first-order valence-corrected chi connectivity index (χ1v) is 12.6. The van der Waals surface area contributed by atoms with Crippen molar-refractivity contribution in [3.8, 4) is 5.88 Å². The number of methoxy groups -OCH3 is 1. The van der Waals surface area contributed by atoms with E-state index in [9.17, 15) is 0 Å². The van der Waals surface area contributed by atoms with E-state index in [1.54, 1.807) is 7.11 Å². The molecule has 5 heteroatoms. The average Bonchev–Trinajstić information content (AvgIpc) is 2.90. The maximum atomic E-state index is 5.72. The second-order valence-electron chi connectivity index (χ2n) is 9.43. The Kier molecular flexibility index (Phi) is 6.89. The van der Waals surface area contributed by atoms with Gasteiger partial charge >= 0.3 is 0 Å². The van der Waals surface area contributed by atoms with E-state index in [1.807, 2.05) is 13.1 Å². The number of aryl methyl sites for hydroxylation is 1. The summed E-state index contributed by atoms with van der Waals surface area (Å²) in [5.41, 5.74) is 6.25. The summed E-state index contributed by atoms with van der Waals surface area (Å²) < 4.78 is 5.72. The molecular weight excluding hydrogens is 420 g/mol. The van der Waals surface area contributed by atoms with Crippen LogP contribution >= 0.6 is 0 Å². The van der Waals surface area contributed by atoms with Crippen LogP contribution in [-0.4, -0.2) is 35.2 Å². The van der Waals surface area contributed by atoms with Crippen molar-refractivity contribution >= 4 is 11.4 Å². The summed E-state index contributed by atoms with van der Waals surface area (Å²) in [6.07, 6.45) is 12.1. The summed E-state index contributed by atoms with van der Waals surface area (Å²) in [6, 6.07) is 14.9. The van der Waals surface area contributed by atoms with E-state index in [-0.39, 0.29) is 0 Å². The molecule has 3 aromatic rings. The SMILES string of the molecule is COc1nc(C)nc(C2CC=C(c3cccnc3N3CCCCC3)CC2)c1Cc1ccccc1. The van der Waals surface area contributed by atoms with E-state index in [0.717, 1.165) is 61.7 Å². The van der Waals surface area contributed by atoms with Crippen LogP contribution in [0.4, 0.5) is 5.82 Å². The smallest absolute Gasteiger partial charge is 0.220 e. The van der Waals surface area contributed by atoms with Crippen LogP contribution in [0.25, 0.3) is 5.57 Å². The second kappa shape index (κ2) is 10.4. The highest BCUT2D eigenvalue weighted by atomic mass is 16.5. The number of aromatic nitrogens is 3. The normalized spacial score (nSPS) is 18.5. The zero-order valence-corrected chi connectivity index (χ0v) is 20.3. The number of allylic oxidation sites excluding steroid dienone is 2. The fourth-order valence-electron chi connectivity index (χ4n) is 5.40. The standard InChI is InChI=1S/C29H34N4O/c1-21-31-27(26(29(32-21)34-2)20-22-10-5-3-6-11-22)24-15-13-23(14-16-24)25-12-9-17-30-28(25)33-18-7-4-8-19-33/h3,5-6,9-13,17,24H,4,7-8,14-16,18-20H2,1-2H3. The van der Waals surface area contributed by atoms with Gasteiger partial charge in [-0.2, -0.15) is 4.98 Å². The van der Waals surface area contributed by atoms with Crippen LogP contribution in [0.5, 0.6) is 5.88 Å². The molecule has 2 aromatic heterocycles. The van der Waals surface area contributed by atoms with Crippen molar-refractivity contribution < 1.29 is 4.74 Å². The third-order valence-corrected chi connectivity index (χ3v) is 7.12. The molecule has 3 heterocycles. The van der Waals surface area contributed by atoms with E-state index in [2.05, 4.69) is 58.4 Å². The number of pyridine rings is 1. The van der Waals surface area contributed by atoms with Gasteiger partial charge in [0, 0.05) is 42.8 Å². The van der Waals surface area contributed by atoms with Crippen molar-refractivity contribution in [2.75, 3.05) is 25.1 Å². The van der Waals surface area contributed by atoms with Crippen molar-refractivity contribution in [3.05, 3.63) is 82.9 Å². The number of hydrogen-bond donors (Lipinski definition) is 0. The highest BCUT2D eigenvalue weighted by Gasteiger charge is 2.26. The predicted molar refractivity (Wildman–Crippen MR) is 137 cm³/mol. The molecule has 34 heavy (non-hydrogen) atoms. The molecule has 1 unspecified atom stereocenters. The number of rotatable bonds is 6. The molecule has 0 N–H and O–H groups in total. The zero-order valence-electron chi connectivity index (χ0n) is 20.3. The minimum Gasteiger partial charge on any atom is -0.481 e. The largest absolute Gasteiger partial charge is 0.481 e. The van der Waals surface area contributed by atoms with Crippen molar-refractivity contribution in [1.29, 1.82) is 0 Å². The van der Waals surface area contributed by atoms with Gasteiger partial charge in [-0.15, -0.1) is 0 Å². The fraction of sp³-hybridized carbons (Fsp3) is 0.414. The number of hydrogen-bond acceptors (Lipinski definition) is 5. The zero-order chi connectivity index (χ0) is 23.3. The molecule has 1 aromatic carbocycles. The van der Waals surface area contributed by atoms with Crippen LogP contribution in [0.3, 0.4) is 0 Å². The molecule has 1 atom stereocenters. The highest BCUT2D eigenvalue weighted by Crippen LogP contribution is 2.40. The number of nitrogens with zero attached hydrogens (tertiary/aromatic N) is 4. The Labute approximate surface area is 202 Å². The van der Waals surface area contributed by atoms with Gasteiger partial charge < -0.3 is 9.64 Å². The van der Waals surface area contributed by atoms with E-state index in [4.69, 9.17) is 14.7 Å². The molecule has 1 saturated heterocycles. The minimum absolute atomic E-state index is 0.369. The van der Waals surface area contributed by atoms with Gasteiger partial charge in [-0.05, 0) is 68.7 Å². The molecular formula is C29H34N4O. The molecule has 1 fully saturated rings. The van der Waals surface area contributed by atoms with Gasteiger partial charge in [0.15, 0.2) is 0 Å². The molecule has 1 aliphatic heterocycles. The maximum absolute atomic E-state index is 5.72. The summed E-state index contributed by atoms with van der Waals surface area (Å²) in [5, 5.41) is 0. The van der Waals surface area contributed by atoms with Crippen LogP contribution < -0.4 is 9.64 Å². The Hall–Kier alpha value is -3.21. The first-order valence-electron chi connectivity index (χ1n) is 12.6. The highest BCUT2D eigenvalue weighted by molar-refractivity contribution is 5.75. The van der Waals surface area contributed by atoms with Gasteiger partial charge in [0.2, 0.25) is 5.88 Å². The number of anilines is 1. The Balaban J connectivity index is 1.43.